The largest absolute Gasteiger partial charge is 0.390 e. The van der Waals surface area contributed by atoms with Crippen LogP contribution in [0.4, 0.5) is 0 Å². The molecule has 5 fully saturated rings. The number of rotatable bonds is 0. The second-order valence-electron chi connectivity index (χ2n) is 10.1. The monoisotopic (exact) mass is 320 g/mol. The summed E-state index contributed by atoms with van der Waals surface area (Å²) < 4.78 is 0. The lowest BCUT2D eigenvalue weighted by molar-refractivity contribution is -0.143. The molecule has 2 heteroatoms. The van der Waals surface area contributed by atoms with E-state index >= 15 is 0 Å². The van der Waals surface area contributed by atoms with E-state index in [9.17, 15) is 5.11 Å². The molecule has 124 valence electrons. The van der Waals surface area contributed by atoms with Gasteiger partial charge in [-0.1, -0.05) is 13.8 Å². The van der Waals surface area contributed by atoms with Crippen LogP contribution in [0, 0.1) is 34.5 Å². The molecule has 0 spiro atoms. The Balaban J connectivity index is 1.48. The Hall–Kier alpha value is 0.310. The minimum absolute atomic E-state index is 0.197. The zero-order valence-electron chi connectivity index (χ0n) is 14.5. The molecule has 9 atom stereocenters. The van der Waals surface area contributed by atoms with Crippen LogP contribution in [0.1, 0.15) is 72.1 Å². The molecule has 1 nitrogen and oxygen atoms in total. The van der Waals surface area contributed by atoms with Crippen LogP contribution in [-0.2, 0) is 0 Å². The minimum atomic E-state index is -0.412. The molecule has 4 aliphatic carbocycles. The van der Waals surface area contributed by atoms with Crippen molar-refractivity contribution in [3.8, 4) is 0 Å². The van der Waals surface area contributed by atoms with Gasteiger partial charge in [0.2, 0.25) is 0 Å². The summed E-state index contributed by atoms with van der Waals surface area (Å²) in [6.07, 6.45) is 11.0. The molecule has 1 heterocycles. The summed E-state index contributed by atoms with van der Waals surface area (Å²) >= 11 is 2.28. The predicted molar refractivity (Wildman–Crippen MR) is 92.9 cm³/mol. The average Bonchev–Trinajstić information content (AvgIpc) is 3.14. The minimum Gasteiger partial charge on any atom is -0.390 e. The summed E-state index contributed by atoms with van der Waals surface area (Å²) in [5, 5.41) is 13.0. The highest BCUT2D eigenvalue weighted by Gasteiger charge is 2.65. The van der Waals surface area contributed by atoms with E-state index < -0.39 is 5.60 Å². The van der Waals surface area contributed by atoms with Crippen molar-refractivity contribution in [1.29, 1.82) is 0 Å². The molecule has 5 aliphatic rings. The lowest BCUT2D eigenvalue weighted by Crippen LogP contribution is -2.56. The van der Waals surface area contributed by atoms with E-state index in [1.807, 2.05) is 0 Å². The molecule has 0 aromatic carbocycles. The van der Waals surface area contributed by atoms with Crippen molar-refractivity contribution in [2.45, 2.75) is 88.2 Å². The number of thioether (sulfide) groups is 1. The second-order valence-corrected chi connectivity index (χ2v) is 11.6. The van der Waals surface area contributed by atoms with Crippen LogP contribution in [-0.4, -0.2) is 21.2 Å². The van der Waals surface area contributed by atoms with Gasteiger partial charge >= 0.3 is 0 Å². The SMILES string of the molecule is C[C@]12C[C@@H]3S[C@@H]3C[C@@H]1CC[C@H]1[C@H]3CC[C@](C)(O)[C@@]3(C)CC[C@@H]12. The van der Waals surface area contributed by atoms with E-state index in [1.54, 1.807) is 0 Å². The topological polar surface area (TPSA) is 20.2 Å². The van der Waals surface area contributed by atoms with Crippen LogP contribution < -0.4 is 0 Å². The molecule has 22 heavy (non-hydrogen) atoms. The Labute approximate surface area is 140 Å². The van der Waals surface area contributed by atoms with Gasteiger partial charge in [0.25, 0.3) is 0 Å². The maximum atomic E-state index is 11.0. The van der Waals surface area contributed by atoms with Gasteiger partial charge in [-0.25, -0.2) is 0 Å². The van der Waals surface area contributed by atoms with Gasteiger partial charge in [-0.15, -0.1) is 0 Å². The van der Waals surface area contributed by atoms with Crippen molar-refractivity contribution < 1.29 is 5.11 Å². The quantitative estimate of drug-likeness (QED) is 0.642. The Morgan fingerprint density at radius 2 is 1.68 bits per heavy atom. The number of fused-ring (bicyclic) bond motifs is 6. The Morgan fingerprint density at radius 1 is 0.909 bits per heavy atom. The summed E-state index contributed by atoms with van der Waals surface area (Å²) in [5.74, 6) is 3.68. The highest BCUT2D eigenvalue weighted by molar-refractivity contribution is 8.07. The van der Waals surface area contributed by atoms with Crippen LogP contribution in [0.3, 0.4) is 0 Å². The molecule has 0 aromatic heterocycles. The molecule has 4 saturated carbocycles. The lowest BCUT2D eigenvalue weighted by atomic mass is 9.44. The maximum absolute atomic E-state index is 11.0. The van der Waals surface area contributed by atoms with E-state index in [4.69, 9.17) is 0 Å². The second kappa shape index (κ2) is 4.28. The fourth-order valence-corrected chi connectivity index (χ4v) is 9.13. The highest BCUT2D eigenvalue weighted by Crippen LogP contribution is 2.71. The first-order chi connectivity index (χ1) is 10.4. The van der Waals surface area contributed by atoms with Crippen LogP contribution in [0.25, 0.3) is 0 Å². The van der Waals surface area contributed by atoms with Gasteiger partial charge in [0.1, 0.15) is 0 Å². The summed E-state index contributed by atoms with van der Waals surface area (Å²) in [7, 11) is 0. The number of hydrogen-bond donors (Lipinski definition) is 1. The first kappa shape index (κ1) is 14.6. The molecule has 0 amide bonds. The van der Waals surface area contributed by atoms with Crippen molar-refractivity contribution >= 4 is 11.8 Å². The van der Waals surface area contributed by atoms with Crippen molar-refractivity contribution in [3.05, 3.63) is 0 Å². The van der Waals surface area contributed by atoms with Gasteiger partial charge in [-0.3, -0.25) is 0 Å². The van der Waals surface area contributed by atoms with Crippen molar-refractivity contribution in [1.82, 2.24) is 0 Å². The Kier molecular flexibility index (Phi) is 2.85. The molecule has 1 N–H and O–H groups in total. The predicted octanol–water partition coefficient (Wildman–Crippen LogP) is 4.87. The summed E-state index contributed by atoms with van der Waals surface area (Å²) in [6, 6.07) is 0. The zero-order chi connectivity index (χ0) is 15.3. The van der Waals surface area contributed by atoms with E-state index in [1.165, 1.54) is 44.9 Å². The highest BCUT2D eigenvalue weighted by atomic mass is 32.2. The normalized spacial score (nSPS) is 66.0. The molecular weight excluding hydrogens is 288 g/mol. The Morgan fingerprint density at radius 3 is 2.50 bits per heavy atom. The van der Waals surface area contributed by atoms with Crippen molar-refractivity contribution in [2.24, 2.45) is 34.5 Å². The number of aliphatic hydroxyl groups is 1. The smallest absolute Gasteiger partial charge is 0.0675 e. The fourth-order valence-electron chi connectivity index (χ4n) is 7.76. The maximum Gasteiger partial charge on any atom is 0.0675 e. The molecule has 5 rings (SSSR count). The third kappa shape index (κ3) is 1.67. The summed E-state index contributed by atoms with van der Waals surface area (Å²) in [4.78, 5) is 0. The molecule has 0 radical (unpaired) electrons. The average molecular weight is 321 g/mol. The summed E-state index contributed by atoms with van der Waals surface area (Å²) in [5.41, 5.74) is 0.413. The standard InChI is InChI=1S/C20H32OS/c1-18-11-17-16(22-17)10-12(18)4-5-13-14(18)6-8-19(2)15(13)7-9-20(19,3)21/h12-17,21H,4-11H2,1-3H3/t12-,13+,14-,15+,16+,17-,18-,19-,20-/m0/s1. The third-order valence-electron chi connectivity index (χ3n) is 9.47. The van der Waals surface area contributed by atoms with Gasteiger partial charge in [0.15, 0.2) is 0 Å². The van der Waals surface area contributed by atoms with E-state index in [0.717, 1.165) is 40.6 Å². The lowest BCUT2D eigenvalue weighted by Gasteiger charge is -2.60. The first-order valence-corrected chi connectivity index (χ1v) is 10.7. The first-order valence-electron chi connectivity index (χ1n) is 9.73. The van der Waals surface area contributed by atoms with Crippen LogP contribution >= 0.6 is 11.8 Å². The molecule has 0 unspecified atom stereocenters. The molecule has 1 aliphatic heterocycles. The zero-order valence-corrected chi connectivity index (χ0v) is 15.3. The molecule has 0 bridgehead atoms. The summed E-state index contributed by atoms with van der Waals surface area (Å²) in [6.45, 7) is 7.22. The third-order valence-corrected chi connectivity index (χ3v) is 10.9. The Bertz CT molecular complexity index is 502. The van der Waals surface area contributed by atoms with E-state index in [2.05, 4.69) is 32.5 Å². The van der Waals surface area contributed by atoms with E-state index in [-0.39, 0.29) is 5.41 Å². The molecule has 0 aromatic rings. The van der Waals surface area contributed by atoms with Gasteiger partial charge in [-0.2, -0.15) is 11.8 Å². The van der Waals surface area contributed by atoms with Gasteiger partial charge in [-0.05, 0) is 92.8 Å². The fraction of sp³-hybridized carbons (Fsp3) is 1.00. The number of hydrogen-bond acceptors (Lipinski definition) is 2. The van der Waals surface area contributed by atoms with Crippen molar-refractivity contribution in [3.63, 3.8) is 0 Å². The van der Waals surface area contributed by atoms with Crippen LogP contribution in [0.2, 0.25) is 0 Å². The van der Waals surface area contributed by atoms with Gasteiger partial charge < -0.3 is 5.11 Å². The van der Waals surface area contributed by atoms with Crippen LogP contribution in [0.15, 0.2) is 0 Å². The van der Waals surface area contributed by atoms with Gasteiger partial charge in [0.05, 0.1) is 5.60 Å². The van der Waals surface area contributed by atoms with E-state index in [0.29, 0.717) is 5.41 Å². The van der Waals surface area contributed by atoms with Crippen molar-refractivity contribution in [2.75, 3.05) is 0 Å². The molecule has 1 saturated heterocycles. The van der Waals surface area contributed by atoms with Gasteiger partial charge in [0, 0.05) is 10.5 Å². The molecular formula is C20H32OS. The van der Waals surface area contributed by atoms with Crippen LogP contribution in [0.5, 0.6) is 0 Å².